The number of methoxy groups -OCH3 is 1. The Morgan fingerprint density at radius 2 is 2.29 bits per heavy atom. The van der Waals surface area contributed by atoms with Crippen molar-refractivity contribution in [2.24, 2.45) is 5.73 Å². The van der Waals surface area contributed by atoms with Gasteiger partial charge in [-0.3, -0.25) is 4.90 Å². The first kappa shape index (κ1) is 16.6. The normalized spacial score (nSPS) is 21.2. The number of benzene rings is 1. The molecule has 0 amide bonds. The average molecular weight is 313 g/mol. The van der Waals surface area contributed by atoms with Gasteiger partial charge in [0, 0.05) is 25.7 Å². The van der Waals surface area contributed by atoms with Crippen molar-refractivity contribution in [2.45, 2.75) is 31.9 Å². The average Bonchev–Trinajstić information content (AvgIpc) is 2.49. The second kappa shape index (κ2) is 7.99. The van der Waals surface area contributed by atoms with Gasteiger partial charge in [0.05, 0.1) is 18.2 Å². The predicted molar refractivity (Wildman–Crippen MR) is 86.0 cm³/mol. The Morgan fingerprint density at radius 3 is 2.90 bits per heavy atom. The highest BCUT2D eigenvalue weighted by molar-refractivity contribution is 6.32. The van der Waals surface area contributed by atoms with Crippen molar-refractivity contribution in [1.29, 1.82) is 0 Å². The summed E-state index contributed by atoms with van der Waals surface area (Å²) in [5.41, 5.74) is 7.16. The zero-order chi connectivity index (χ0) is 15.2. The third kappa shape index (κ3) is 4.10. The van der Waals surface area contributed by atoms with E-state index in [2.05, 4.69) is 4.90 Å². The van der Waals surface area contributed by atoms with Crippen LogP contribution in [0.5, 0.6) is 5.75 Å². The molecule has 118 valence electrons. The van der Waals surface area contributed by atoms with E-state index in [0.29, 0.717) is 23.4 Å². The van der Waals surface area contributed by atoms with E-state index in [-0.39, 0.29) is 6.04 Å². The summed E-state index contributed by atoms with van der Waals surface area (Å²) >= 11 is 6.24. The Bertz CT molecular complexity index is 454. The second-order valence-corrected chi connectivity index (χ2v) is 5.77. The molecule has 2 atom stereocenters. The van der Waals surface area contributed by atoms with Crippen LogP contribution in [0.3, 0.4) is 0 Å². The molecule has 0 radical (unpaired) electrons. The van der Waals surface area contributed by atoms with Crippen LogP contribution in [0.1, 0.15) is 31.4 Å². The number of hydrogen-bond donors (Lipinski definition) is 1. The van der Waals surface area contributed by atoms with Crippen LogP contribution in [-0.2, 0) is 4.74 Å². The Morgan fingerprint density at radius 1 is 1.48 bits per heavy atom. The van der Waals surface area contributed by atoms with Gasteiger partial charge >= 0.3 is 0 Å². The first-order valence-electron chi connectivity index (χ1n) is 7.58. The number of hydrogen-bond acceptors (Lipinski definition) is 4. The fraction of sp³-hybridized carbons (Fsp3) is 0.625. The molecule has 1 saturated heterocycles. The van der Waals surface area contributed by atoms with Gasteiger partial charge in [-0.15, -0.1) is 0 Å². The van der Waals surface area contributed by atoms with E-state index in [9.17, 15) is 0 Å². The highest BCUT2D eigenvalue weighted by Gasteiger charge is 2.26. The monoisotopic (exact) mass is 312 g/mol. The highest BCUT2D eigenvalue weighted by Crippen LogP contribution is 2.31. The quantitative estimate of drug-likeness (QED) is 0.877. The molecule has 1 heterocycles. The minimum atomic E-state index is 0.177. The fourth-order valence-corrected chi connectivity index (χ4v) is 3.27. The van der Waals surface area contributed by atoms with E-state index < -0.39 is 0 Å². The molecular weight excluding hydrogens is 288 g/mol. The van der Waals surface area contributed by atoms with Crippen LogP contribution in [0.15, 0.2) is 18.2 Å². The van der Waals surface area contributed by atoms with Gasteiger partial charge in [0.25, 0.3) is 0 Å². The Labute approximate surface area is 132 Å². The van der Waals surface area contributed by atoms with Gasteiger partial charge in [0.2, 0.25) is 0 Å². The van der Waals surface area contributed by atoms with E-state index in [4.69, 9.17) is 26.8 Å². The van der Waals surface area contributed by atoms with Crippen LogP contribution in [0.4, 0.5) is 0 Å². The number of piperidine rings is 1. The highest BCUT2D eigenvalue weighted by atomic mass is 35.5. The van der Waals surface area contributed by atoms with Gasteiger partial charge in [-0.1, -0.05) is 17.7 Å². The number of nitrogens with zero attached hydrogens (tertiary/aromatic N) is 1. The van der Waals surface area contributed by atoms with Crippen molar-refractivity contribution in [3.8, 4) is 5.75 Å². The van der Waals surface area contributed by atoms with E-state index in [1.807, 2.05) is 25.1 Å². The van der Waals surface area contributed by atoms with Crippen molar-refractivity contribution < 1.29 is 9.47 Å². The number of halogens is 1. The molecule has 1 aromatic rings. The van der Waals surface area contributed by atoms with Gasteiger partial charge in [-0.2, -0.15) is 0 Å². The van der Waals surface area contributed by atoms with Crippen LogP contribution in [0.25, 0.3) is 0 Å². The lowest BCUT2D eigenvalue weighted by atomic mass is 10.0. The van der Waals surface area contributed by atoms with E-state index >= 15 is 0 Å². The van der Waals surface area contributed by atoms with Crippen LogP contribution < -0.4 is 10.5 Å². The summed E-state index contributed by atoms with van der Waals surface area (Å²) in [4.78, 5) is 2.40. The van der Waals surface area contributed by atoms with Crippen molar-refractivity contribution in [3.05, 3.63) is 28.8 Å². The standard InChI is InChI=1S/C16H25ClN2O2/c1-3-21-13-5-4-8-19(11-13)15(10-18)12-6-7-16(20-2)14(17)9-12/h6-7,9,13,15H,3-5,8,10-11,18H2,1-2H3. The Kier molecular flexibility index (Phi) is 6.30. The molecule has 2 N–H and O–H groups in total. The summed E-state index contributed by atoms with van der Waals surface area (Å²) in [6, 6.07) is 6.09. The number of rotatable bonds is 6. The summed E-state index contributed by atoms with van der Waals surface area (Å²) < 4.78 is 11.0. The molecule has 2 rings (SSSR count). The lowest BCUT2D eigenvalue weighted by Gasteiger charge is -2.38. The van der Waals surface area contributed by atoms with E-state index in [1.54, 1.807) is 7.11 Å². The molecule has 1 aromatic carbocycles. The smallest absolute Gasteiger partial charge is 0.137 e. The molecule has 0 spiro atoms. The molecule has 0 bridgehead atoms. The van der Waals surface area contributed by atoms with Crippen LogP contribution in [0, 0.1) is 0 Å². The molecule has 4 nitrogen and oxygen atoms in total. The van der Waals surface area contributed by atoms with Crippen molar-refractivity contribution in [1.82, 2.24) is 4.90 Å². The molecule has 2 unspecified atom stereocenters. The summed E-state index contributed by atoms with van der Waals surface area (Å²) in [5, 5.41) is 0.631. The molecule has 0 aromatic heterocycles. The molecule has 21 heavy (non-hydrogen) atoms. The SMILES string of the molecule is CCOC1CCCN(C(CN)c2ccc(OC)c(Cl)c2)C1. The lowest BCUT2D eigenvalue weighted by Crippen LogP contribution is -2.44. The predicted octanol–water partition coefficient (Wildman–Crippen LogP) is 2.85. The molecule has 1 fully saturated rings. The largest absolute Gasteiger partial charge is 0.495 e. The van der Waals surface area contributed by atoms with Crippen molar-refractivity contribution in [2.75, 3.05) is 33.4 Å². The molecule has 1 aliphatic rings. The van der Waals surface area contributed by atoms with Gasteiger partial charge in [0.15, 0.2) is 0 Å². The van der Waals surface area contributed by atoms with Crippen LogP contribution >= 0.6 is 11.6 Å². The first-order chi connectivity index (χ1) is 10.2. The fourth-order valence-electron chi connectivity index (χ4n) is 3.01. The summed E-state index contributed by atoms with van der Waals surface area (Å²) in [6.07, 6.45) is 2.59. The maximum Gasteiger partial charge on any atom is 0.137 e. The number of likely N-dealkylation sites (tertiary alicyclic amines) is 1. The van der Waals surface area contributed by atoms with E-state index in [1.165, 1.54) is 0 Å². The number of ether oxygens (including phenoxy) is 2. The summed E-state index contributed by atoms with van der Waals surface area (Å²) in [7, 11) is 1.62. The Balaban J connectivity index is 2.13. The molecular formula is C16H25ClN2O2. The Hall–Kier alpha value is -0.810. The first-order valence-corrected chi connectivity index (χ1v) is 7.96. The molecule has 1 aliphatic heterocycles. The second-order valence-electron chi connectivity index (χ2n) is 5.36. The third-order valence-corrected chi connectivity index (χ3v) is 4.33. The van der Waals surface area contributed by atoms with Gasteiger partial charge in [-0.25, -0.2) is 0 Å². The summed E-state index contributed by atoms with van der Waals surface area (Å²) in [6.45, 7) is 5.36. The minimum absolute atomic E-state index is 0.177. The zero-order valence-electron chi connectivity index (χ0n) is 12.8. The van der Waals surface area contributed by atoms with Crippen LogP contribution in [-0.4, -0.2) is 44.4 Å². The van der Waals surface area contributed by atoms with Crippen LogP contribution in [0.2, 0.25) is 5.02 Å². The van der Waals surface area contributed by atoms with E-state index in [0.717, 1.165) is 38.1 Å². The molecule has 5 heteroatoms. The molecule has 0 aliphatic carbocycles. The topological polar surface area (TPSA) is 47.7 Å². The molecule has 0 saturated carbocycles. The third-order valence-electron chi connectivity index (χ3n) is 4.04. The van der Waals surface area contributed by atoms with Crippen molar-refractivity contribution in [3.63, 3.8) is 0 Å². The van der Waals surface area contributed by atoms with Gasteiger partial charge in [-0.05, 0) is 44.0 Å². The van der Waals surface area contributed by atoms with Gasteiger partial charge < -0.3 is 15.2 Å². The minimum Gasteiger partial charge on any atom is -0.495 e. The maximum atomic E-state index is 6.24. The summed E-state index contributed by atoms with van der Waals surface area (Å²) in [5.74, 6) is 0.696. The van der Waals surface area contributed by atoms with Crippen molar-refractivity contribution >= 4 is 11.6 Å². The number of nitrogens with two attached hydrogens (primary N) is 1. The maximum absolute atomic E-state index is 6.24. The zero-order valence-corrected chi connectivity index (χ0v) is 13.6. The lowest BCUT2D eigenvalue weighted by molar-refractivity contribution is -0.00660. The van der Waals surface area contributed by atoms with Gasteiger partial charge in [0.1, 0.15) is 5.75 Å².